The molecule has 2 heterocycles. The first-order valence-electron chi connectivity index (χ1n) is 7.24. The Bertz CT molecular complexity index is 553. The van der Waals surface area contributed by atoms with E-state index in [2.05, 4.69) is 5.32 Å². The van der Waals surface area contributed by atoms with Crippen molar-refractivity contribution in [2.45, 2.75) is 37.9 Å². The predicted octanol–water partition coefficient (Wildman–Crippen LogP) is 1.43. The number of methoxy groups -OCH3 is 1. The van der Waals surface area contributed by atoms with Crippen LogP contribution in [0.5, 0.6) is 0 Å². The number of rotatable bonds is 7. The minimum Gasteiger partial charge on any atom is -0.447 e. The normalized spacial score (nSPS) is 20.5. The highest BCUT2D eigenvalue weighted by Crippen LogP contribution is 2.25. The van der Waals surface area contributed by atoms with Gasteiger partial charge in [0.25, 0.3) is 10.0 Å². The zero-order chi connectivity index (χ0) is 15.5. The van der Waals surface area contributed by atoms with E-state index in [4.69, 9.17) is 9.15 Å². The van der Waals surface area contributed by atoms with Crippen LogP contribution >= 0.6 is 0 Å². The van der Waals surface area contributed by atoms with Gasteiger partial charge in [-0.2, -0.15) is 4.31 Å². The summed E-state index contributed by atoms with van der Waals surface area (Å²) in [6, 6.07) is 3.57. The maximum atomic E-state index is 12.5. The van der Waals surface area contributed by atoms with Gasteiger partial charge in [0.05, 0.1) is 13.2 Å². The Labute approximate surface area is 126 Å². The number of furan rings is 1. The minimum absolute atomic E-state index is 0.0288. The summed E-state index contributed by atoms with van der Waals surface area (Å²) in [5, 5.41) is 3.23. The Balaban J connectivity index is 2.03. The molecule has 1 aromatic rings. The third kappa shape index (κ3) is 4.06. The number of ether oxygens (including phenoxy) is 1. The highest BCUT2D eigenvalue weighted by Gasteiger charge is 2.34. The van der Waals surface area contributed by atoms with Crippen LogP contribution in [0, 0.1) is 5.92 Å². The van der Waals surface area contributed by atoms with Gasteiger partial charge in [-0.15, -0.1) is 0 Å². The summed E-state index contributed by atoms with van der Waals surface area (Å²) in [5.41, 5.74) is 0. The van der Waals surface area contributed by atoms with Crippen LogP contribution in [0.25, 0.3) is 0 Å². The van der Waals surface area contributed by atoms with Gasteiger partial charge in [-0.25, -0.2) is 8.42 Å². The van der Waals surface area contributed by atoms with Crippen molar-refractivity contribution >= 4 is 10.0 Å². The van der Waals surface area contributed by atoms with Crippen molar-refractivity contribution in [2.75, 3.05) is 26.8 Å². The second kappa shape index (κ2) is 6.91. The number of nitrogens with one attached hydrogen (secondary N) is 1. The Morgan fingerprint density at radius 1 is 1.48 bits per heavy atom. The van der Waals surface area contributed by atoms with Gasteiger partial charge >= 0.3 is 0 Å². The number of hydrogen-bond donors (Lipinski definition) is 1. The van der Waals surface area contributed by atoms with Crippen LogP contribution in [0.1, 0.15) is 26.0 Å². The first kappa shape index (κ1) is 16.5. The molecular formula is C14H24N2O4S. The van der Waals surface area contributed by atoms with E-state index < -0.39 is 10.0 Å². The summed E-state index contributed by atoms with van der Waals surface area (Å²) in [5.74, 6) is 0.900. The first-order valence-corrected chi connectivity index (χ1v) is 8.68. The van der Waals surface area contributed by atoms with Gasteiger partial charge < -0.3 is 14.5 Å². The van der Waals surface area contributed by atoms with Gasteiger partial charge in [-0.05, 0) is 24.5 Å². The Hall–Kier alpha value is -0.890. The summed E-state index contributed by atoms with van der Waals surface area (Å²) in [4.78, 5) is 0. The monoisotopic (exact) mass is 316 g/mol. The maximum Gasteiger partial charge on any atom is 0.276 e. The van der Waals surface area contributed by atoms with E-state index in [0.717, 1.165) is 6.42 Å². The fourth-order valence-corrected chi connectivity index (χ4v) is 3.87. The summed E-state index contributed by atoms with van der Waals surface area (Å²) < 4.78 is 37.1. The lowest BCUT2D eigenvalue weighted by Crippen LogP contribution is -2.29. The van der Waals surface area contributed by atoms with Crippen LogP contribution in [0.2, 0.25) is 0 Å². The van der Waals surface area contributed by atoms with Gasteiger partial charge in [0, 0.05) is 26.2 Å². The van der Waals surface area contributed by atoms with Gasteiger partial charge in [-0.1, -0.05) is 13.8 Å². The molecule has 1 N–H and O–H groups in total. The fourth-order valence-electron chi connectivity index (χ4n) is 2.41. The topological polar surface area (TPSA) is 71.8 Å². The van der Waals surface area contributed by atoms with Crippen LogP contribution in [0.15, 0.2) is 21.6 Å². The molecule has 1 unspecified atom stereocenters. The molecule has 0 radical (unpaired) electrons. The quantitative estimate of drug-likeness (QED) is 0.824. The molecule has 1 aromatic heterocycles. The van der Waals surface area contributed by atoms with Crippen LogP contribution < -0.4 is 5.32 Å². The molecule has 1 atom stereocenters. The first-order chi connectivity index (χ1) is 9.93. The smallest absolute Gasteiger partial charge is 0.276 e. The molecule has 0 amide bonds. The standard InChI is InChI=1S/C14H24N2O4S/c1-11(2)15-8-13-4-5-14(20-13)21(17,18)16-7-6-12(9-16)10-19-3/h4-5,11-12,15H,6-10H2,1-3H3. The van der Waals surface area contributed by atoms with Crippen LogP contribution in [-0.2, 0) is 21.3 Å². The number of sulfonamides is 1. The van der Waals surface area contributed by atoms with Gasteiger partial charge in [0.15, 0.2) is 0 Å². The van der Waals surface area contributed by atoms with E-state index >= 15 is 0 Å². The summed E-state index contributed by atoms with van der Waals surface area (Å²) in [6.45, 7) is 6.20. The molecule has 0 aromatic carbocycles. The summed E-state index contributed by atoms with van der Waals surface area (Å²) in [6.07, 6.45) is 0.829. The number of hydrogen-bond acceptors (Lipinski definition) is 5. The molecule has 120 valence electrons. The zero-order valence-corrected chi connectivity index (χ0v) is 13.6. The molecule has 1 fully saturated rings. The van der Waals surface area contributed by atoms with E-state index in [0.29, 0.717) is 38.0 Å². The molecule has 1 aliphatic heterocycles. The molecule has 21 heavy (non-hydrogen) atoms. The molecule has 0 saturated carbocycles. The molecular weight excluding hydrogens is 292 g/mol. The lowest BCUT2D eigenvalue weighted by atomic mass is 10.1. The third-order valence-corrected chi connectivity index (χ3v) is 5.31. The average molecular weight is 316 g/mol. The van der Waals surface area contributed by atoms with Crippen LogP contribution in [0.4, 0.5) is 0 Å². The van der Waals surface area contributed by atoms with E-state index in [9.17, 15) is 8.42 Å². The lowest BCUT2D eigenvalue weighted by Gasteiger charge is -2.14. The SMILES string of the molecule is COCC1CCN(S(=O)(=O)c2ccc(CNC(C)C)o2)C1. The summed E-state index contributed by atoms with van der Waals surface area (Å²) in [7, 11) is -1.89. The van der Waals surface area contributed by atoms with Crippen LogP contribution in [-0.4, -0.2) is 45.6 Å². The van der Waals surface area contributed by atoms with Crippen molar-refractivity contribution in [1.82, 2.24) is 9.62 Å². The van der Waals surface area contributed by atoms with Crippen molar-refractivity contribution in [3.05, 3.63) is 17.9 Å². The molecule has 1 aliphatic rings. The molecule has 0 bridgehead atoms. The minimum atomic E-state index is -3.52. The molecule has 1 saturated heterocycles. The van der Waals surface area contributed by atoms with Crippen molar-refractivity contribution in [1.29, 1.82) is 0 Å². The fraction of sp³-hybridized carbons (Fsp3) is 0.714. The van der Waals surface area contributed by atoms with Crippen molar-refractivity contribution in [2.24, 2.45) is 5.92 Å². The van der Waals surface area contributed by atoms with Crippen molar-refractivity contribution < 1.29 is 17.6 Å². The second-order valence-electron chi connectivity index (χ2n) is 5.73. The predicted molar refractivity (Wildman–Crippen MR) is 79.4 cm³/mol. The van der Waals surface area contributed by atoms with E-state index in [1.807, 2.05) is 13.8 Å². The summed E-state index contributed by atoms with van der Waals surface area (Å²) >= 11 is 0. The van der Waals surface area contributed by atoms with Crippen molar-refractivity contribution in [3.8, 4) is 0 Å². The average Bonchev–Trinajstić information content (AvgIpc) is 3.06. The van der Waals surface area contributed by atoms with E-state index in [1.54, 1.807) is 13.2 Å². The Morgan fingerprint density at radius 3 is 2.90 bits per heavy atom. The van der Waals surface area contributed by atoms with Gasteiger partial charge in [0.1, 0.15) is 5.76 Å². The van der Waals surface area contributed by atoms with Gasteiger partial charge in [-0.3, -0.25) is 0 Å². The zero-order valence-electron chi connectivity index (χ0n) is 12.8. The van der Waals surface area contributed by atoms with Crippen molar-refractivity contribution in [3.63, 3.8) is 0 Å². The highest BCUT2D eigenvalue weighted by molar-refractivity contribution is 7.89. The largest absolute Gasteiger partial charge is 0.447 e. The van der Waals surface area contributed by atoms with E-state index in [1.165, 1.54) is 10.4 Å². The third-order valence-electron chi connectivity index (χ3n) is 3.57. The molecule has 2 rings (SSSR count). The lowest BCUT2D eigenvalue weighted by molar-refractivity contribution is 0.157. The Morgan fingerprint density at radius 2 is 2.24 bits per heavy atom. The van der Waals surface area contributed by atoms with E-state index in [-0.39, 0.29) is 11.0 Å². The highest BCUT2D eigenvalue weighted by atomic mass is 32.2. The molecule has 0 aliphatic carbocycles. The molecule has 0 spiro atoms. The second-order valence-corrected chi connectivity index (χ2v) is 7.60. The molecule has 7 heteroatoms. The maximum absolute atomic E-state index is 12.5. The number of nitrogens with zero attached hydrogens (tertiary/aromatic N) is 1. The van der Waals surface area contributed by atoms with Crippen LogP contribution in [0.3, 0.4) is 0 Å². The molecule has 6 nitrogen and oxygen atoms in total. The van der Waals surface area contributed by atoms with Gasteiger partial charge in [0.2, 0.25) is 5.09 Å². The Kier molecular flexibility index (Phi) is 5.43.